The maximum atomic E-state index is 5.92. The van der Waals surface area contributed by atoms with E-state index in [0.29, 0.717) is 6.10 Å². The van der Waals surface area contributed by atoms with Gasteiger partial charge in [0.05, 0.1) is 12.7 Å². The SMILES string of the molecule is c1ccc(CCCC2CN(C3CCC3)CCO2)cc1. The van der Waals surface area contributed by atoms with Crippen molar-refractivity contribution in [2.45, 2.75) is 50.7 Å². The van der Waals surface area contributed by atoms with Crippen molar-refractivity contribution >= 4 is 0 Å². The highest BCUT2D eigenvalue weighted by Gasteiger charge is 2.29. The molecule has 1 aromatic rings. The lowest BCUT2D eigenvalue weighted by Crippen LogP contribution is -2.50. The molecule has 0 N–H and O–H groups in total. The van der Waals surface area contributed by atoms with E-state index >= 15 is 0 Å². The van der Waals surface area contributed by atoms with Crippen LogP contribution in [0.1, 0.15) is 37.7 Å². The van der Waals surface area contributed by atoms with Gasteiger partial charge >= 0.3 is 0 Å². The maximum Gasteiger partial charge on any atom is 0.0702 e. The van der Waals surface area contributed by atoms with Gasteiger partial charge in [0, 0.05) is 19.1 Å². The fourth-order valence-electron chi connectivity index (χ4n) is 3.18. The minimum Gasteiger partial charge on any atom is -0.376 e. The molecule has 104 valence electrons. The highest BCUT2D eigenvalue weighted by atomic mass is 16.5. The fourth-order valence-corrected chi connectivity index (χ4v) is 3.18. The van der Waals surface area contributed by atoms with E-state index in [2.05, 4.69) is 35.2 Å². The number of hydrogen-bond donors (Lipinski definition) is 0. The summed E-state index contributed by atoms with van der Waals surface area (Å²) in [6, 6.07) is 11.7. The van der Waals surface area contributed by atoms with Gasteiger partial charge in [0.15, 0.2) is 0 Å². The molecule has 1 saturated heterocycles. The summed E-state index contributed by atoms with van der Waals surface area (Å²) in [5, 5.41) is 0. The molecule has 2 nitrogen and oxygen atoms in total. The molecule has 1 saturated carbocycles. The number of nitrogens with zero attached hydrogens (tertiary/aromatic N) is 1. The van der Waals surface area contributed by atoms with Crippen LogP contribution in [0.4, 0.5) is 0 Å². The molecule has 19 heavy (non-hydrogen) atoms. The second-order valence-electron chi connectivity index (χ2n) is 5.95. The highest BCUT2D eigenvalue weighted by molar-refractivity contribution is 5.14. The van der Waals surface area contributed by atoms with Gasteiger partial charge in [0.1, 0.15) is 0 Å². The van der Waals surface area contributed by atoms with E-state index in [1.165, 1.54) is 50.6 Å². The number of morpholine rings is 1. The van der Waals surface area contributed by atoms with Crippen LogP contribution in [0.2, 0.25) is 0 Å². The third kappa shape index (κ3) is 3.58. The summed E-state index contributed by atoms with van der Waals surface area (Å²) >= 11 is 0. The van der Waals surface area contributed by atoms with Crippen molar-refractivity contribution in [2.24, 2.45) is 0 Å². The van der Waals surface area contributed by atoms with Crippen LogP contribution in [0, 0.1) is 0 Å². The Bertz CT molecular complexity index is 374. The van der Waals surface area contributed by atoms with Crippen LogP contribution >= 0.6 is 0 Å². The third-order valence-corrected chi connectivity index (χ3v) is 4.60. The summed E-state index contributed by atoms with van der Waals surface area (Å²) in [7, 11) is 0. The van der Waals surface area contributed by atoms with Gasteiger partial charge in [-0.3, -0.25) is 4.90 Å². The molecule has 1 aliphatic heterocycles. The van der Waals surface area contributed by atoms with Crippen LogP contribution in [-0.2, 0) is 11.2 Å². The van der Waals surface area contributed by atoms with Gasteiger partial charge in [-0.1, -0.05) is 36.8 Å². The lowest BCUT2D eigenvalue weighted by atomic mass is 9.90. The van der Waals surface area contributed by atoms with E-state index in [1.54, 1.807) is 0 Å². The van der Waals surface area contributed by atoms with Crippen molar-refractivity contribution < 1.29 is 4.74 Å². The van der Waals surface area contributed by atoms with Crippen molar-refractivity contribution in [2.75, 3.05) is 19.7 Å². The zero-order valence-electron chi connectivity index (χ0n) is 11.8. The van der Waals surface area contributed by atoms with E-state index < -0.39 is 0 Å². The fraction of sp³-hybridized carbons (Fsp3) is 0.647. The molecule has 0 radical (unpaired) electrons. The van der Waals surface area contributed by atoms with Gasteiger partial charge in [0.2, 0.25) is 0 Å². The molecule has 0 amide bonds. The van der Waals surface area contributed by atoms with Crippen molar-refractivity contribution in [3.05, 3.63) is 35.9 Å². The average molecular weight is 259 g/mol. The average Bonchev–Trinajstić information content (AvgIpc) is 2.38. The van der Waals surface area contributed by atoms with Gasteiger partial charge in [0.25, 0.3) is 0 Å². The zero-order chi connectivity index (χ0) is 12.9. The number of rotatable bonds is 5. The first-order valence-corrected chi connectivity index (χ1v) is 7.81. The molecule has 1 heterocycles. The van der Waals surface area contributed by atoms with Crippen LogP contribution < -0.4 is 0 Å². The molecule has 1 atom stereocenters. The summed E-state index contributed by atoms with van der Waals surface area (Å²) in [6.45, 7) is 3.26. The van der Waals surface area contributed by atoms with Gasteiger partial charge in [-0.25, -0.2) is 0 Å². The van der Waals surface area contributed by atoms with E-state index in [1.807, 2.05) is 0 Å². The Hall–Kier alpha value is -0.860. The van der Waals surface area contributed by atoms with Crippen LogP contribution in [0.25, 0.3) is 0 Å². The second-order valence-corrected chi connectivity index (χ2v) is 5.95. The Labute approximate surface area is 116 Å². The van der Waals surface area contributed by atoms with Crippen molar-refractivity contribution in [3.63, 3.8) is 0 Å². The predicted octanol–water partition coefficient (Wildman–Crippen LogP) is 3.26. The summed E-state index contributed by atoms with van der Waals surface area (Å²) in [5.41, 5.74) is 1.45. The Kier molecular flexibility index (Phi) is 4.52. The smallest absolute Gasteiger partial charge is 0.0702 e. The Balaban J connectivity index is 1.40. The number of ether oxygens (including phenoxy) is 1. The maximum absolute atomic E-state index is 5.92. The highest BCUT2D eigenvalue weighted by Crippen LogP contribution is 2.27. The van der Waals surface area contributed by atoms with Crippen molar-refractivity contribution in [1.82, 2.24) is 4.90 Å². The first kappa shape index (κ1) is 13.1. The van der Waals surface area contributed by atoms with E-state index in [-0.39, 0.29) is 0 Å². The monoisotopic (exact) mass is 259 g/mol. The molecule has 3 rings (SSSR count). The Morgan fingerprint density at radius 1 is 1.16 bits per heavy atom. The Morgan fingerprint density at radius 2 is 2.00 bits per heavy atom. The molecule has 0 aromatic heterocycles. The molecule has 2 fully saturated rings. The first-order valence-electron chi connectivity index (χ1n) is 7.81. The molecule has 1 unspecified atom stereocenters. The molecular formula is C17H25NO. The lowest BCUT2D eigenvalue weighted by molar-refractivity contribution is -0.0582. The quantitative estimate of drug-likeness (QED) is 0.804. The van der Waals surface area contributed by atoms with E-state index in [4.69, 9.17) is 4.74 Å². The minimum atomic E-state index is 0.470. The first-order chi connectivity index (χ1) is 9.42. The normalized spacial score (nSPS) is 25.2. The van der Waals surface area contributed by atoms with Gasteiger partial charge < -0.3 is 4.74 Å². The topological polar surface area (TPSA) is 12.5 Å². The summed E-state index contributed by atoms with van der Waals surface area (Å²) < 4.78 is 5.92. The van der Waals surface area contributed by atoms with Crippen molar-refractivity contribution in [3.8, 4) is 0 Å². The molecular weight excluding hydrogens is 234 g/mol. The van der Waals surface area contributed by atoms with Crippen LogP contribution in [-0.4, -0.2) is 36.7 Å². The van der Waals surface area contributed by atoms with E-state index in [9.17, 15) is 0 Å². The molecule has 1 aliphatic carbocycles. The van der Waals surface area contributed by atoms with Crippen LogP contribution in [0.3, 0.4) is 0 Å². The standard InChI is InChI=1S/C17H25NO/c1-2-6-15(7-3-1)8-4-11-17-14-18(12-13-19-17)16-9-5-10-16/h1-3,6-7,16-17H,4-5,8-14H2. The van der Waals surface area contributed by atoms with Gasteiger partial charge in [-0.2, -0.15) is 0 Å². The van der Waals surface area contributed by atoms with Crippen LogP contribution in [0.5, 0.6) is 0 Å². The molecule has 0 bridgehead atoms. The molecule has 2 heteroatoms. The Morgan fingerprint density at radius 3 is 2.74 bits per heavy atom. The predicted molar refractivity (Wildman–Crippen MR) is 78.3 cm³/mol. The largest absolute Gasteiger partial charge is 0.376 e. The molecule has 2 aliphatic rings. The summed E-state index contributed by atoms with van der Waals surface area (Å²) in [4.78, 5) is 2.67. The van der Waals surface area contributed by atoms with Crippen molar-refractivity contribution in [1.29, 1.82) is 0 Å². The van der Waals surface area contributed by atoms with E-state index in [0.717, 1.165) is 19.2 Å². The summed E-state index contributed by atoms with van der Waals surface area (Å²) in [6.07, 6.45) is 8.36. The number of hydrogen-bond acceptors (Lipinski definition) is 2. The van der Waals surface area contributed by atoms with Gasteiger partial charge in [-0.05, 0) is 37.7 Å². The van der Waals surface area contributed by atoms with Crippen LogP contribution in [0.15, 0.2) is 30.3 Å². The van der Waals surface area contributed by atoms with Gasteiger partial charge in [-0.15, -0.1) is 0 Å². The lowest BCUT2D eigenvalue weighted by Gasteiger charge is -2.42. The number of benzene rings is 1. The zero-order valence-corrected chi connectivity index (χ0v) is 11.8. The molecule has 1 aromatic carbocycles. The second kappa shape index (κ2) is 6.53. The molecule has 0 spiro atoms. The summed E-state index contributed by atoms with van der Waals surface area (Å²) in [5.74, 6) is 0. The minimum absolute atomic E-state index is 0.470. The third-order valence-electron chi connectivity index (χ3n) is 4.60. The number of aryl methyl sites for hydroxylation is 1.